The van der Waals surface area contributed by atoms with Gasteiger partial charge in [-0.15, -0.1) is 5.10 Å². The molecule has 1 heterocycles. The topological polar surface area (TPSA) is 52.0 Å². The minimum atomic E-state index is -4.27. The molecule has 0 saturated heterocycles. The van der Waals surface area contributed by atoms with E-state index in [0.29, 0.717) is 12.8 Å². The van der Waals surface area contributed by atoms with Crippen LogP contribution in [0.3, 0.4) is 0 Å². The third-order valence-electron chi connectivity index (χ3n) is 2.67. The second kappa shape index (κ2) is 8.21. The summed E-state index contributed by atoms with van der Waals surface area (Å²) >= 11 is 0. The van der Waals surface area contributed by atoms with Gasteiger partial charge in [0.05, 0.1) is 5.69 Å². The molecule has 0 radical (unpaired) electrons. The Balaban J connectivity index is 2.35. The number of hydrogen-bond donors (Lipinski definition) is 1. The van der Waals surface area contributed by atoms with Gasteiger partial charge >= 0.3 is 6.18 Å². The summed E-state index contributed by atoms with van der Waals surface area (Å²) in [5.74, 6) is 0. The predicted octanol–water partition coefficient (Wildman–Crippen LogP) is 1.69. The molecule has 0 spiro atoms. The highest BCUT2D eigenvalue weighted by atomic mass is 19.4. The van der Waals surface area contributed by atoms with Gasteiger partial charge in [0.1, 0.15) is 6.61 Å². The number of rotatable bonds is 9. The van der Waals surface area contributed by atoms with E-state index in [1.807, 2.05) is 6.92 Å². The van der Waals surface area contributed by atoms with Gasteiger partial charge in [-0.2, -0.15) is 13.2 Å². The van der Waals surface area contributed by atoms with Crippen molar-refractivity contribution >= 4 is 0 Å². The van der Waals surface area contributed by atoms with Crippen LogP contribution >= 0.6 is 0 Å². The molecule has 1 N–H and O–H groups in total. The summed E-state index contributed by atoms with van der Waals surface area (Å²) in [6, 6.07) is 0.0416. The van der Waals surface area contributed by atoms with Crippen molar-refractivity contribution in [3.05, 3.63) is 11.9 Å². The first-order chi connectivity index (χ1) is 9.40. The summed E-state index contributed by atoms with van der Waals surface area (Å²) in [5.41, 5.74) is 0.817. The molecule has 20 heavy (non-hydrogen) atoms. The van der Waals surface area contributed by atoms with Gasteiger partial charge < -0.3 is 10.1 Å². The number of halogens is 3. The van der Waals surface area contributed by atoms with E-state index in [1.54, 1.807) is 17.9 Å². The molecule has 0 saturated carbocycles. The minimum absolute atomic E-state index is 0.0416. The summed E-state index contributed by atoms with van der Waals surface area (Å²) in [5, 5.41) is 11.1. The molecule has 0 aromatic carbocycles. The molecular formula is C12H21F3N4O. The average Bonchev–Trinajstić information content (AvgIpc) is 2.75. The number of alkyl halides is 3. The first-order valence-electron chi connectivity index (χ1n) is 6.63. The SMILES string of the molecule is CCCNC(CCOCC(F)(F)F)Cc1cn(C)nn1. The van der Waals surface area contributed by atoms with Crippen molar-refractivity contribution in [3.63, 3.8) is 0 Å². The minimum Gasteiger partial charge on any atom is -0.372 e. The third kappa shape index (κ3) is 7.44. The highest BCUT2D eigenvalue weighted by molar-refractivity contribution is 4.95. The van der Waals surface area contributed by atoms with Gasteiger partial charge in [-0.3, -0.25) is 4.68 Å². The van der Waals surface area contributed by atoms with Gasteiger partial charge in [-0.25, -0.2) is 0 Å². The average molecular weight is 294 g/mol. The fourth-order valence-electron chi connectivity index (χ4n) is 1.78. The second-order valence-corrected chi connectivity index (χ2v) is 4.70. The molecule has 116 valence electrons. The molecule has 0 aliphatic rings. The van der Waals surface area contributed by atoms with Gasteiger partial charge in [-0.05, 0) is 19.4 Å². The van der Waals surface area contributed by atoms with Gasteiger partial charge in [0.2, 0.25) is 0 Å². The maximum atomic E-state index is 12.0. The zero-order chi connectivity index (χ0) is 15.0. The van der Waals surface area contributed by atoms with E-state index in [4.69, 9.17) is 0 Å². The molecule has 0 amide bonds. The Hall–Kier alpha value is -1.15. The van der Waals surface area contributed by atoms with Crippen molar-refractivity contribution in [1.82, 2.24) is 20.3 Å². The van der Waals surface area contributed by atoms with Crippen LogP contribution in [-0.4, -0.2) is 47.0 Å². The second-order valence-electron chi connectivity index (χ2n) is 4.70. The van der Waals surface area contributed by atoms with E-state index in [-0.39, 0.29) is 12.6 Å². The van der Waals surface area contributed by atoms with Crippen molar-refractivity contribution in [2.75, 3.05) is 19.8 Å². The Labute approximate surface area is 116 Å². The molecule has 0 aliphatic heterocycles. The maximum absolute atomic E-state index is 12.0. The lowest BCUT2D eigenvalue weighted by molar-refractivity contribution is -0.174. The molecule has 1 aromatic rings. The number of aromatic nitrogens is 3. The van der Waals surface area contributed by atoms with Gasteiger partial charge in [0.25, 0.3) is 0 Å². The number of nitrogens with zero attached hydrogens (tertiary/aromatic N) is 3. The van der Waals surface area contributed by atoms with Gasteiger partial charge in [0.15, 0.2) is 0 Å². The maximum Gasteiger partial charge on any atom is 0.411 e. The van der Waals surface area contributed by atoms with Gasteiger partial charge in [-0.1, -0.05) is 12.1 Å². The fraction of sp³-hybridized carbons (Fsp3) is 0.833. The van der Waals surface area contributed by atoms with Crippen LogP contribution in [0.1, 0.15) is 25.5 Å². The van der Waals surface area contributed by atoms with Crippen LogP contribution in [-0.2, 0) is 18.2 Å². The lowest BCUT2D eigenvalue weighted by Crippen LogP contribution is -2.33. The summed E-state index contributed by atoms with van der Waals surface area (Å²) in [6.07, 6.45) is -0.370. The normalized spacial score (nSPS) is 13.7. The highest BCUT2D eigenvalue weighted by Crippen LogP contribution is 2.14. The summed E-state index contributed by atoms with van der Waals surface area (Å²) < 4.78 is 42.2. The van der Waals surface area contributed by atoms with Crippen molar-refractivity contribution in [1.29, 1.82) is 0 Å². The smallest absolute Gasteiger partial charge is 0.372 e. The molecule has 0 bridgehead atoms. The largest absolute Gasteiger partial charge is 0.411 e. The first-order valence-corrected chi connectivity index (χ1v) is 6.63. The van der Waals surface area contributed by atoms with Gasteiger partial charge in [0, 0.05) is 32.3 Å². The number of aryl methyl sites for hydroxylation is 1. The van der Waals surface area contributed by atoms with Crippen LogP contribution in [0.2, 0.25) is 0 Å². The molecular weight excluding hydrogens is 273 g/mol. The molecule has 1 atom stereocenters. The van der Waals surface area contributed by atoms with E-state index in [9.17, 15) is 13.2 Å². The van der Waals surface area contributed by atoms with Crippen LogP contribution in [0.25, 0.3) is 0 Å². The summed E-state index contributed by atoms with van der Waals surface area (Å²) in [7, 11) is 1.78. The number of nitrogens with one attached hydrogen (secondary N) is 1. The van der Waals surface area contributed by atoms with E-state index in [1.165, 1.54) is 0 Å². The van der Waals surface area contributed by atoms with E-state index in [0.717, 1.165) is 18.7 Å². The summed E-state index contributed by atoms with van der Waals surface area (Å²) in [4.78, 5) is 0. The Morgan fingerprint density at radius 1 is 1.45 bits per heavy atom. The third-order valence-corrected chi connectivity index (χ3v) is 2.67. The van der Waals surface area contributed by atoms with E-state index < -0.39 is 12.8 Å². The molecule has 5 nitrogen and oxygen atoms in total. The van der Waals surface area contributed by atoms with Crippen LogP contribution in [0.5, 0.6) is 0 Å². The van der Waals surface area contributed by atoms with Crippen LogP contribution < -0.4 is 5.32 Å². The number of hydrogen-bond acceptors (Lipinski definition) is 4. The van der Waals surface area contributed by atoms with Crippen LogP contribution in [0.15, 0.2) is 6.20 Å². The van der Waals surface area contributed by atoms with Crippen molar-refractivity contribution < 1.29 is 17.9 Å². The van der Waals surface area contributed by atoms with Crippen molar-refractivity contribution in [2.45, 2.75) is 38.4 Å². The quantitative estimate of drug-likeness (QED) is 0.704. The Kier molecular flexibility index (Phi) is 6.94. The molecule has 1 unspecified atom stereocenters. The summed E-state index contributed by atoms with van der Waals surface area (Å²) in [6.45, 7) is 1.72. The molecule has 8 heteroatoms. The predicted molar refractivity (Wildman–Crippen MR) is 68.3 cm³/mol. The standard InChI is InChI=1S/C12H21F3N4O/c1-3-5-16-10(4-6-20-9-12(13,14)15)7-11-8-19(2)18-17-11/h8,10,16H,3-7,9H2,1-2H3. The zero-order valence-electron chi connectivity index (χ0n) is 11.8. The van der Waals surface area contributed by atoms with Crippen LogP contribution in [0.4, 0.5) is 13.2 Å². The molecule has 0 fully saturated rings. The van der Waals surface area contributed by atoms with E-state index >= 15 is 0 Å². The monoisotopic (exact) mass is 294 g/mol. The lowest BCUT2D eigenvalue weighted by atomic mass is 10.1. The fourth-order valence-corrected chi connectivity index (χ4v) is 1.78. The molecule has 0 aliphatic carbocycles. The first kappa shape index (κ1) is 16.9. The van der Waals surface area contributed by atoms with Crippen molar-refractivity contribution in [2.24, 2.45) is 7.05 Å². The Bertz CT molecular complexity index is 381. The van der Waals surface area contributed by atoms with Crippen molar-refractivity contribution in [3.8, 4) is 0 Å². The van der Waals surface area contributed by atoms with E-state index in [2.05, 4.69) is 20.4 Å². The Morgan fingerprint density at radius 2 is 2.20 bits per heavy atom. The zero-order valence-corrected chi connectivity index (χ0v) is 11.8. The lowest BCUT2D eigenvalue weighted by Gasteiger charge is -2.17. The highest BCUT2D eigenvalue weighted by Gasteiger charge is 2.27. The molecule has 1 aromatic heterocycles. The molecule has 1 rings (SSSR count). The Morgan fingerprint density at radius 3 is 2.75 bits per heavy atom. The van der Waals surface area contributed by atoms with Crippen LogP contribution in [0, 0.1) is 0 Å². The number of ether oxygens (including phenoxy) is 1.